The molecule has 1 aromatic heterocycles. The lowest BCUT2D eigenvalue weighted by molar-refractivity contribution is -0.155. The van der Waals surface area contributed by atoms with Crippen molar-refractivity contribution in [3.05, 3.63) is 23.0 Å². The molecule has 156 valence electrons. The molecular formula is C18H26N2O7S. The van der Waals surface area contributed by atoms with Crippen LogP contribution in [0.15, 0.2) is 6.07 Å². The van der Waals surface area contributed by atoms with Gasteiger partial charge >= 0.3 is 11.9 Å². The lowest BCUT2D eigenvalue weighted by Gasteiger charge is -2.17. The summed E-state index contributed by atoms with van der Waals surface area (Å²) in [5, 5.41) is 2.60. The third kappa shape index (κ3) is 5.34. The zero-order chi connectivity index (χ0) is 21.1. The Hall–Kier alpha value is -2.36. The predicted molar refractivity (Wildman–Crippen MR) is 101 cm³/mol. The molecule has 1 aliphatic rings. The van der Waals surface area contributed by atoms with Gasteiger partial charge in [-0.1, -0.05) is 0 Å². The summed E-state index contributed by atoms with van der Waals surface area (Å²) in [6.45, 7) is 6.67. The molecule has 1 amide bonds. The maximum Gasteiger partial charge on any atom is 0.339 e. The van der Waals surface area contributed by atoms with Gasteiger partial charge in [0.25, 0.3) is 5.91 Å². The van der Waals surface area contributed by atoms with Crippen LogP contribution in [-0.2, 0) is 35.4 Å². The number of ether oxygens (including phenoxy) is 2. The Morgan fingerprint density at radius 3 is 2.57 bits per heavy atom. The Labute approximate surface area is 164 Å². The highest BCUT2D eigenvalue weighted by Gasteiger charge is 2.31. The van der Waals surface area contributed by atoms with Gasteiger partial charge in [-0.15, -0.1) is 0 Å². The van der Waals surface area contributed by atoms with Crippen LogP contribution >= 0.6 is 0 Å². The molecule has 0 unspecified atom stereocenters. The largest absolute Gasteiger partial charge is 0.462 e. The third-order valence-corrected chi connectivity index (χ3v) is 6.38. The van der Waals surface area contributed by atoms with Crippen molar-refractivity contribution in [1.82, 2.24) is 9.88 Å². The molecule has 2 rings (SSSR count). The minimum Gasteiger partial charge on any atom is -0.462 e. The Balaban J connectivity index is 1.94. The van der Waals surface area contributed by atoms with Gasteiger partial charge in [0.2, 0.25) is 0 Å². The number of nitrogens with zero attached hydrogens (tertiary/aromatic N) is 1. The Morgan fingerprint density at radius 1 is 1.32 bits per heavy atom. The molecular weight excluding hydrogens is 388 g/mol. The summed E-state index contributed by atoms with van der Waals surface area (Å²) in [5.41, 5.74) is 1.63. The Bertz CT molecular complexity index is 873. The van der Waals surface area contributed by atoms with Crippen LogP contribution in [0.25, 0.3) is 0 Å². The number of carbonyl (C=O) groups excluding carboxylic acids is 3. The highest BCUT2D eigenvalue weighted by molar-refractivity contribution is 7.91. The van der Waals surface area contributed by atoms with Gasteiger partial charge in [-0.25, -0.2) is 13.2 Å². The van der Waals surface area contributed by atoms with E-state index in [-0.39, 0.29) is 24.7 Å². The number of carbonyl (C=O) groups is 3. The lowest BCUT2D eigenvalue weighted by Crippen LogP contribution is -2.42. The molecule has 0 bridgehead atoms. The van der Waals surface area contributed by atoms with Crippen LogP contribution in [-0.4, -0.2) is 61.1 Å². The molecule has 10 heteroatoms. The minimum atomic E-state index is -3.11. The molecule has 1 aromatic rings. The van der Waals surface area contributed by atoms with Crippen molar-refractivity contribution in [1.29, 1.82) is 0 Å². The number of amides is 1. The van der Waals surface area contributed by atoms with Gasteiger partial charge in [-0.3, -0.25) is 9.59 Å². The van der Waals surface area contributed by atoms with Crippen molar-refractivity contribution in [3.63, 3.8) is 0 Å². The van der Waals surface area contributed by atoms with E-state index in [1.54, 1.807) is 31.4 Å². The smallest absolute Gasteiger partial charge is 0.339 e. The summed E-state index contributed by atoms with van der Waals surface area (Å²) in [5.74, 6) is -1.70. The first-order chi connectivity index (χ1) is 13.0. The topological polar surface area (TPSA) is 121 Å². The van der Waals surface area contributed by atoms with E-state index in [1.807, 2.05) is 0 Å². The average Bonchev–Trinajstić information content (AvgIpc) is 3.08. The van der Waals surface area contributed by atoms with E-state index in [2.05, 4.69) is 5.32 Å². The minimum absolute atomic E-state index is 0.0428. The molecule has 2 heterocycles. The second-order valence-corrected chi connectivity index (χ2v) is 9.06. The molecule has 28 heavy (non-hydrogen) atoms. The molecule has 1 N–H and O–H groups in total. The first-order valence-corrected chi connectivity index (χ1v) is 10.9. The standard InChI is InChI=1S/C18H26N2O7S/c1-5-26-18(23)15-8-11(2)20(12(15)3)9-16(21)27-13(4)17(22)19-14-6-7-28(24,25)10-14/h8,13-14H,5-7,9-10H2,1-4H3,(H,19,22)/t13-,14+/m1/s1. The third-order valence-electron chi connectivity index (χ3n) is 4.61. The fourth-order valence-electron chi connectivity index (χ4n) is 3.10. The number of hydrogen-bond donors (Lipinski definition) is 1. The van der Waals surface area contributed by atoms with Crippen LogP contribution in [0.5, 0.6) is 0 Å². The van der Waals surface area contributed by atoms with E-state index >= 15 is 0 Å². The highest BCUT2D eigenvalue weighted by atomic mass is 32.2. The van der Waals surface area contributed by atoms with E-state index in [4.69, 9.17) is 9.47 Å². The molecule has 0 spiro atoms. The van der Waals surface area contributed by atoms with Crippen molar-refractivity contribution in [2.24, 2.45) is 0 Å². The maximum absolute atomic E-state index is 12.2. The molecule has 0 saturated carbocycles. The van der Waals surface area contributed by atoms with Crippen LogP contribution in [0.1, 0.15) is 42.0 Å². The fraction of sp³-hybridized carbons (Fsp3) is 0.611. The zero-order valence-electron chi connectivity index (χ0n) is 16.5. The normalized spacial score (nSPS) is 19.1. The summed E-state index contributed by atoms with van der Waals surface area (Å²) in [6, 6.07) is 1.18. The van der Waals surface area contributed by atoms with E-state index in [1.165, 1.54) is 6.92 Å². The van der Waals surface area contributed by atoms with Crippen LogP contribution in [0.2, 0.25) is 0 Å². The molecule has 9 nitrogen and oxygen atoms in total. The predicted octanol–water partition coefficient (Wildman–Crippen LogP) is 0.517. The SMILES string of the molecule is CCOC(=O)c1cc(C)n(CC(=O)O[C@H](C)C(=O)N[C@H]2CCS(=O)(=O)C2)c1C. The number of esters is 2. The van der Waals surface area contributed by atoms with Crippen LogP contribution < -0.4 is 5.32 Å². The number of rotatable bonds is 7. The molecule has 0 aliphatic carbocycles. The van der Waals surface area contributed by atoms with Crippen LogP contribution in [0.3, 0.4) is 0 Å². The number of aryl methyl sites for hydroxylation is 1. The summed E-state index contributed by atoms with van der Waals surface area (Å²) >= 11 is 0. The van der Waals surface area contributed by atoms with E-state index in [0.717, 1.165) is 0 Å². The van der Waals surface area contributed by atoms with Crippen molar-refractivity contribution in [3.8, 4) is 0 Å². The monoisotopic (exact) mass is 414 g/mol. The van der Waals surface area contributed by atoms with Gasteiger partial charge in [0.15, 0.2) is 15.9 Å². The van der Waals surface area contributed by atoms with Gasteiger partial charge in [0.05, 0.1) is 23.7 Å². The van der Waals surface area contributed by atoms with E-state index in [0.29, 0.717) is 23.4 Å². The summed E-state index contributed by atoms with van der Waals surface area (Å²) in [4.78, 5) is 36.3. The van der Waals surface area contributed by atoms with Crippen molar-refractivity contribution in [2.75, 3.05) is 18.1 Å². The molecule has 0 radical (unpaired) electrons. The van der Waals surface area contributed by atoms with Gasteiger partial charge in [-0.2, -0.15) is 0 Å². The van der Waals surface area contributed by atoms with Gasteiger partial charge in [0, 0.05) is 17.4 Å². The van der Waals surface area contributed by atoms with Crippen LogP contribution in [0.4, 0.5) is 0 Å². The molecule has 0 aromatic carbocycles. The van der Waals surface area contributed by atoms with Gasteiger partial charge < -0.3 is 19.4 Å². The quantitative estimate of drug-likeness (QED) is 0.646. The lowest BCUT2D eigenvalue weighted by atomic mass is 10.2. The van der Waals surface area contributed by atoms with Crippen molar-refractivity contribution < 1.29 is 32.3 Å². The molecule has 1 saturated heterocycles. The second kappa shape index (κ2) is 8.76. The number of nitrogens with one attached hydrogen (secondary N) is 1. The highest BCUT2D eigenvalue weighted by Crippen LogP contribution is 2.17. The van der Waals surface area contributed by atoms with Crippen LogP contribution in [0, 0.1) is 13.8 Å². The summed E-state index contributed by atoms with van der Waals surface area (Å²) in [6.07, 6.45) is -0.704. The average molecular weight is 414 g/mol. The fourth-order valence-corrected chi connectivity index (χ4v) is 4.78. The number of sulfone groups is 1. The second-order valence-electron chi connectivity index (χ2n) is 6.83. The number of hydrogen-bond acceptors (Lipinski definition) is 7. The van der Waals surface area contributed by atoms with Crippen molar-refractivity contribution >= 4 is 27.7 Å². The Morgan fingerprint density at radius 2 is 2.00 bits per heavy atom. The first kappa shape index (κ1) is 21.9. The summed E-state index contributed by atoms with van der Waals surface area (Å²) < 4.78 is 34.7. The molecule has 2 atom stereocenters. The number of aromatic nitrogens is 1. The molecule has 1 aliphatic heterocycles. The maximum atomic E-state index is 12.2. The van der Waals surface area contributed by atoms with E-state index in [9.17, 15) is 22.8 Å². The zero-order valence-corrected chi connectivity index (χ0v) is 17.3. The van der Waals surface area contributed by atoms with Gasteiger partial charge in [-0.05, 0) is 40.2 Å². The summed E-state index contributed by atoms with van der Waals surface area (Å²) in [7, 11) is -3.11. The molecule has 1 fully saturated rings. The first-order valence-electron chi connectivity index (χ1n) is 9.08. The van der Waals surface area contributed by atoms with E-state index < -0.39 is 39.8 Å². The Kier molecular flexibility index (Phi) is 6.87. The van der Waals surface area contributed by atoms with Gasteiger partial charge in [0.1, 0.15) is 6.54 Å². The van der Waals surface area contributed by atoms with Crippen molar-refractivity contribution in [2.45, 2.75) is 52.8 Å².